The second kappa shape index (κ2) is 13.1. The quantitative estimate of drug-likeness (QED) is 0.451. The summed E-state index contributed by atoms with van der Waals surface area (Å²) in [6.07, 6.45) is 9.99. The molecule has 0 aromatic carbocycles. The lowest BCUT2D eigenvalue weighted by atomic mass is 9.92. The Kier molecular flexibility index (Phi) is 11.8. The molecule has 2 nitrogen and oxygen atoms in total. The van der Waals surface area contributed by atoms with Crippen LogP contribution in [0.15, 0.2) is 11.6 Å². The molecular weight excluding hydrogens is 272 g/mol. The molecule has 0 aliphatic carbocycles. The number of rotatable bonds is 13. The second-order valence-corrected chi connectivity index (χ2v) is 7.54. The molecule has 0 bridgehead atoms. The van der Waals surface area contributed by atoms with E-state index in [-0.39, 0.29) is 0 Å². The Bertz CT molecular complexity index is 324. The molecule has 0 saturated heterocycles. The highest BCUT2D eigenvalue weighted by molar-refractivity contribution is 5.04. The molecule has 0 heterocycles. The lowest BCUT2D eigenvalue weighted by Gasteiger charge is -2.15. The molecule has 3 atom stereocenters. The zero-order valence-electron chi connectivity index (χ0n) is 16.6. The van der Waals surface area contributed by atoms with Gasteiger partial charge in [0, 0.05) is 0 Å². The molecule has 0 saturated carbocycles. The second-order valence-electron chi connectivity index (χ2n) is 7.54. The van der Waals surface area contributed by atoms with Crippen molar-refractivity contribution in [3.63, 3.8) is 0 Å². The van der Waals surface area contributed by atoms with E-state index in [1.807, 2.05) is 6.08 Å². The van der Waals surface area contributed by atoms with Crippen molar-refractivity contribution in [2.75, 3.05) is 6.61 Å². The number of aliphatic hydroxyl groups excluding tert-OH is 1. The topological polar surface area (TPSA) is 40.5 Å². The van der Waals surface area contributed by atoms with Crippen LogP contribution in [0.5, 0.6) is 0 Å². The van der Waals surface area contributed by atoms with Crippen LogP contribution in [0.25, 0.3) is 0 Å². The van der Waals surface area contributed by atoms with Crippen molar-refractivity contribution in [1.29, 1.82) is 0 Å². The van der Waals surface area contributed by atoms with Crippen LogP contribution >= 0.6 is 0 Å². The van der Waals surface area contributed by atoms with Crippen LogP contribution < -0.4 is 0 Å². The average Bonchev–Trinajstić information content (AvgIpc) is 2.46. The summed E-state index contributed by atoms with van der Waals surface area (Å²) in [4.78, 5) is 0. The van der Waals surface area contributed by atoms with E-state index >= 15 is 0 Å². The molecule has 0 spiro atoms. The van der Waals surface area contributed by atoms with Crippen molar-refractivity contribution in [3.05, 3.63) is 11.6 Å². The van der Waals surface area contributed by atoms with Crippen LogP contribution in [0.2, 0.25) is 0 Å². The van der Waals surface area contributed by atoms with Crippen molar-refractivity contribution in [1.82, 2.24) is 0 Å². The van der Waals surface area contributed by atoms with Crippen molar-refractivity contribution < 1.29 is 11.6 Å². The van der Waals surface area contributed by atoms with Crippen molar-refractivity contribution >= 4 is 0 Å². The highest BCUT2D eigenvalue weighted by Gasteiger charge is 2.07. The van der Waals surface area contributed by atoms with Gasteiger partial charge in [0.2, 0.25) is 0 Å². The van der Waals surface area contributed by atoms with Crippen molar-refractivity contribution in [3.8, 4) is 0 Å². The van der Waals surface area contributed by atoms with Crippen LogP contribution in [0, 0.1) is 17.8 Å². The normalized spacial score (nSPS) is 18.9. The van der Waals surface area contributed by atoms with Gasteiger partial charge in [-0.25, -0.2) is 0 Å². The first-order valence-corrected chi connectivity index (χ1v) is 9.19. The molecular formula is C20H40O2. The van der Waals surface area contributed by atoms with E-state index in [1.165, 1.54) is 38.5 Å². The highest BCUT2D eigenvalue weighted by Crippen LogP contribution is 2.21. The molecule has 2 heteroatoms. The molecule has 0 aromatic rings. The number of hydrogen-bond acceptors (Lipinski definition) is 2. The summed E-state index contributed by atoms with van der Waals surface area (Å²) in [5, 5.41) is 18.6. The summed E-state index contributed by atoms with van der Waals surface area (Å²) in [5.41, 5.74) is 0.547. The van der Waals surface area contributed by atoms with Gasteiger partial charge >= 0.3 is 0 Å². The minimum atomic E-state index is -1.81. The Balaban J connectivity index is 3.79. The van der Waals surface area contributed by atoms with Crippen LogP contribution in [0.1, 0.15) is 87.4 Å². The Morgan fingerprint density at radius 3 is 1.95 bits per heavy atom. The molecule has 2 N–H and O–H groups in total. The molecule has 0 aliphatic heterocycles. The molecule has 0 rings (SSSR count). The van der Waals surface area contributed by atoms with Gasteiger partial charge in [-0.1, -0.05) is 72.3 Å². The van der Waals surface area contributed by atoms with Gasteiger partial charge in [0.25, 0.3) is 0 Å². The smallest absolute Gasteiger partial charge is 0.0978 e. The van der Waals surface area contributed by atoms with Gasteiger partial charge in [-0.3, -0.25) is 0 Å². The lowest BCUT2D eigenvalue weighted by molar-refractivity contribution is 0.122. The zero-order chi connectivity index (χ0) is 17.9. The van der Waals surface area contributed by atoms with Crippen LogP contribution in [0.4, 0.5) is 0 Å². The fraction of sp³-hybridized carbons (Fsp3) is 0.900. The van der Waals surface area contributed by atoms with Gasteiger partial charge in [-0.2, -0.15) is 0 Å². The Hall–Kier alpha value is -0.340. The molecule has 3 unspecified atom stereocenters. The monoisotopic (exact) mass is 313 g/mol. The van der Waals surface area contributed by atoms with Gasteiger partial charge in [0.05, 0.1) is 14.1 Å². The molecule has 0 fully saturated rings. The molecule has 132 valence electrons. The summed E-state index contributed by atoms with van der Waals surface area (Å²) < 4.78 is 7.54. The van der Waals surface area contributed by atoms with Crippen LogP contribution in [-0.2, 0) is 0 Å². The summed E-state index contributed by atoms with van der Waals surface area (Å²) in [6.45, 7) is 10.4. The lowest BCUT2D eigenvalue weighted by Crippen LogP contribution is -2.13. The van der Waals surface area contributed by atoms with Crippen LogP contribution in [0.3, 0.4) is 0 Å². The predicted octanol–water partition coefficient (Wildman–Crippen LogP) is 5.33. The standard InChI is InChI=1S/C20H40O2/c1-16(2)9-6-10-17(3)11-7-12-18(4)13-8-14-19(5)20(22)15-21/h14,16-18,20-22H,6-13,15H2,1-5H3/b19-14+/i20D. The first-order chi connectivity index (χ1) is 10.7. The summed E-state index contributed by atoms with van der Waals surface area (Å²) in [5.74, 6) is 2.34. The van der Waals surface area contributed by atoms with E-state index in [1.54, 1.807) is 6.92 Å². The number of aliphatic hydroxyl groups is 2. The third-order valence-corrected chi connectivity index (χ3v) is 4.59. The minimum Gasteiger partial charge on any atom is -0.393 e. The van der Waals surface area contributed by atoms with E-state index in [9.17, 15) is 5.11 Å². The van der Waals surface area contributed by atoms with E-state index in [0.717, 1.165) is 24.7 Å². The van der Waals surface area contributed by atoms with Crippen molar-refractivity contribution in [2.24, 2.45) is 17.8 Å². The fourth-order valence-corrected chi connectivity index (χ4v) is 2.80. The molecule has 0 radical (unpaired) electrons. The predicted molar refractivity (Wildman–Crippen MR) is 97.0 cm³/mol. The van der Waals surface area contributed by atoms with Gasteiger partial charge in [0.1, 0.15) is 0 Å². The molecule has 0 aliphatic rings. The Labute approximate surface area is 140 Å². The van der Waals surface area contributed by atoms with Crippen molar-refractivity contribution in [2.45, 2.75) is 92.1 Å². The molecule has 22 heavy (non-hydrogen) atoms. The van der Waals surface area contributed by atoms with Gasteiger partial charge in [-0.15, -0.1) is 0 Å². The first kappa shape index (κ1) is 19.7. The maximum absolute atomic E-state index is 9.61. The summed E-state index contributed by atoms with van der Waals surface area (Å²) in [7, 11) is 0. The van der Waals surface area contributed by atoms with Gasteiger partial charge in [0.15, 0.2) is 0 Å². The number of hydrogen-bond donors (Lipinski definition) is 2. The first-order valence-electron chi connectivity index (χ1n) is 9.69. The minimum absolute atomic E-state index is 0.542. The summed E-state index contributed by atoms with van der Waals surface area (Å²) >= 11 is 0. The zero-order valence-corrected chi connectivity index (χ0v) is 15.6. The van der Waals surface area contributed by atoms with E-state index < -0.39 is 12.7 Å². The van der Waals surface area contributed by atoms with E-state index in [0.29, 0.717) is 11.5 Å². The van der Waals surface area contributed by atoms with Gasteiger partial charge < -0.3 is 10.2 Å². The largest absolute Gasteiger partial charge is 0.393 e. The SMILES string of the molecule is [2H]C(O)(CO)/C(C)=C/CCC(C)CCCC(C)CCCC(C)C. The molecule has 0 aromatic heterocycles. The molecule has 0 amide bonds. The Morgan fingerprint density at radius 1 is 0.955 bits per heavy atom. The fourth-order valence-electron chi connectivity index (χ4n) is 2.80. The Morgan fingerprint density at radius 2 is 1.45 bits per heavy atom. The third-order valence-electron chi connectivity index (χ3n) is 4.59. The summed E-state index contributed by atoms with van der Waals surface area (Å²) in [6, 6.07) is 0. The highest BCUT2D eigenvalue weighted by atomic mass is 16.3. The maximum atomic E-state index is 9.61. The van der Waals surface area contributed by atoms with Crippen LogP contribution in [-0.4, -0.2) is 22.9 Å². The number of allylic oxidation sites excluding steroid dienone is 1. The van der Waals surface area contributed by atoms with E-state index in [4.69, 9.17) is 6.48 Å². The van der Waals surface area contributed by atoms with E-state index in [2.05, 4.69) is 27.7 Å². The van der Waals surface area contributed by atoms with Gasteiger partial charge in [-0.05, 0) is 43.1 Å². The third kappa shape index (κ3) is 12.2. The maximum Gasteiger partial charge on any atom is 0.0978 e. The average molecular weight is 314 g/mol.